The van der Waals surface area contributed by atoms with Crippen LogP contribution in [-0.4, -0.2) is 53.6 Å². The van der Waals surface area contributed by atoms with E-state index in [1.165, 1.54) is 13.0 Å². The van der Waals surface area contributed by atoms with Gasteiger partial charge in [0.25, 0.3) is 0 Å². The number of phenols is 1. The van der Waals surface area contributed by atoms with Crippen LogP contribution in [0.4, 0.5) is 0 Å². The van der Waals surface area contributed by atoms with Crippen molar-refractivity contribution in [3.8, 4) is 5.75 Å². The molecule has 1 atom stereocenters. The number of rotatable bonds is 4. The Labute approximate surface area is 130 Å². The van der Waals surface area contributed by atoms with Crippen molar-refractivity contribution in [2.75, 3.05) is 26.2 Å². The number of aromatic hydroxyl groups is 1. The number of para-hydroxylation sites is 1. The number of esters is 1. The molecule has 1 unspecified atom stereocenters. The minimum Gasteiger partial charge on any atom is -0.507 e. The Morgan fingerprint density at radius 3 is 2.59 bits per heavy atom. The molecule has 22 heavy (non-hydrogen) atoms. The van der Waals surface area contributed by atoms with Crippen LogP contribution in [0.1, 0.15) is 30.1 Å². The molecule has 2 bridgehead atoms. The summed E-state index contributed by atoms with van der Waals surface area (Å²) in [6.07, 6.45) is 1.91. The fraction of sp³-hybridized carbons (Fsp3) is 0.529. The first-order chi connectivity index (χ1) is 10.5. The van der Waals surface area contributed by atoms with Gasteiger partial charge in [-0.25, -0.2) is 0 Å². The van der Waals surface area contributed by atoms with Crippen molar-refractivity contribution in [2.45, 2.75) is 25.9 Å². The van der Waals surface area contributed by atoms with Gasteiger partial charge in [-0.2, -0.15) is 0 Å². The molecule has 0 aliphatic carbocycles. The van der Waals surface area contributed by atoms with Crippen LogP contribution in [0.5, 0.6) is 5.75 Å². The van der Waals surface area contributed by atoms with E-state index in [9.17, 15) is 14.7 Å². The number of ketones is 1. The molecular weight excluding hydrogens is 282 g/mol. The van der Waals surface area contributed by atoms with E-state index in [2.05, 4.69) is 0 Å². The van der Waals surface area contributed by atoms with Crippen LogP contribution < -0.4 is 0 Å². The van der Waals surface area contributed by atoms with E-state index < -0.39 is 0 Å². The van der Waals surface area contributed by atoms with Gasteiger partial charge in [-0.15, -0.1) is 0 Å². The zero-order valence-corrected chi connectivity index (χ0v) is 12.8. The third-order valence-electron chi connectivity index (χ3n) is 5.04. The number of benzene rings is 1. The Kier molecular flexibility index (Phi) is 3.91. The summed E-state index contributed by atoms with van der Waals surface area (Å²) in [4.78, 5) is 23.8. The zero-order chi connectivity index (χ0) is 15.7. The number of piperidine rings is 3. The molecule has 3 heterocycles. The predicted octanol–water partition coefficient (Wildman–Crippen LogP) is 1.75. The monoisotopic (exact) mass is 304 g/mol. The number of fused-ring (bicyclic) bond motifs is 3. The molecule has 3 saturated heterocycles. The predicted molar refractivity (Wildman–Crippen MR) is 80.4 cm³/mol. The third-order valence-corrected chi connectivity index (χ3v) is 5.04. The normalized spacial score (nSPS) is 30.0. The Hall–Kier alpha value is -1.88. The van der Waals surface area contributed by atoms with Crippen molar-refractivity contribution in [1.29, 1.82) is 0 Å². The molecule has 118 valence electrons. The zero-order valence-electron chi connectivity index (χ0n) is 12.8. The number of hydrogen-bond acceptors (Lipinski definition) is 4. The molecule has 3 aliphatic heterocycles. The van der Waals surface area contributed by atoms with Gasteiger partial charge in [0.2, 0.25) is 5.78 Å². The van der Waals surface area contributed by atoms with Gasteiger partial charge in [-0.1, -0.05) is 12.1 Å². The Bertz CT molecular complexity index is 590. The molecule has 5 heteroatoms. The van der Waals surface area contributed by atoms with E-state index in [-0.39, 0.29) is 23.6 Å². The van der Waals surface area contributed by atoms with Crippen molar-refractivity contribution in [1.82, 2.24) is 0 Å². The number of Topliss-reactive ketones (excluding diaryl/α,β-unsaturated/α-hetero) is 1. The molecule has 0 saturated carbocycles. The highest BCUT2D eigenvalue weighted by molar-refractivity contribution is 5.99. The average molecular weight is 304 g/mol. The number of ether oxygens (including phenoxy) is 1. The van der Waals surface area contributed by atoms with Gasteiger partial charge in [0.1, 0.15) is 18.8 Å². The summed E-state index contributed by atoms with van der Waals surface area (Å²) in [6, 6.07) is 6.67. The lowest BCUT2D eigenvalue weighted by molar-refractivity contribution is -0.938. The second kappa shape index (κ2) is 5.72. The molecule has 1 aromatic rings. The number of hydrogen-bond donors (Lipinski definition) is 1. The molecule has 3 fully saturated rings. The van der Waals surface area contributed by atoms with E-state index in [1.807, 2.05) is 0 Å². The molecule has 0 radical (unpaired) electrons. The standard InChI is InChI=1S/C17H21NO4/c1-12(19)22-17-11-18(8-6-13(17)7-9-18)10-16(21)14-4-2-3-5-15(14)20/h2-5,13,17H,6-11H2,1H3/p+1. The highest BCUT2D eigenvalue weighted by Crippen LogP contribution is 2.36. The number of quaternary nitrogens is 1. The summed E-state index contributed by atoms with van der Waals surface area (Å²) in [5.41, 5.74) is 0.381. The van der Waals surface area contributed by atoms with Crippen LogP contribution in [0.3, 0.4) is 0 Å². The third kappa shape index (κ3) is 2.86. The molecule has 0 aromatic heterocycles. The van der Waals surface area contributed by atoms with Crippen molar-refractivity contribution >= 4 is 11.8 Å². The van der Waals surface area contributed by atoms with Gasteiger partial charge in [0, 0.05) is 25.7 Å². The van der Waals surface area contributed by atoms with Crippen LogP contribution in [0.25, 0.3) is 0 Å². The summed E-state index contributed by atoms with van der Waals surface area (Å²) in [6.45, 7) is 4.41. The van der Waals surface area contributed by atoms with Crippen LogP contribution in [-0.2, 0) is 9.53 Å². The van der Waals surface area contributed by atoms with Crippen molar-refractivity contribution in [3.63, 3.8) is 0 Å². The van der Waals surface area contributed by atoms with Crippen LogP contribution in [0, 0.1) is 5.92 Å². The van der Waals surface area contributed by atoms with Gasteiger partial charge in [0.05, 0.1) is 18.7 Å². The lowest BCUT2D eigenvalue weighted by atomic mass is 9.83. The van der Waals surface area contributed by atoms with Crippen LogP contribution in [0.15, 0.2) is 24.3 Å². The number of carbonyl (C=O) groups is 2. The highest BCUT2D eigenvalue weighted by atomic mass is 16.5. The van der Waals surface area contributed by atoms with Crippen LogP contribution >= 0.6 is 0 Å². The molecule has 4 rings (SSSR count). The molecular formula is C17H22NO4+. The average Bonchev–Trinajstić information content (AvgIpc) is 2.47. The number of phenolic OH excluding ortho intramolecular Hbond substituents is 1. The van der Waals surface area contributed by atoms with E-state index in [0.29, 0.717) is 29.1 Å². The Balaban J connectivity index is 1.75. The first-order valence-corrected chi connectivity index (χ1v) is 7.83. The summed E-state index contributed by atoms with van der Waals surface area (Å²) >= 11 is 0. The summed E-state index contributed by atoms with van der Waals surface area (Å²) in [5, 5.41) is 9.85. The lowest BCUT2D eigenvalue weighted by Crippen LogP contribution is -2.65. The summed E-state index contributed by atoms with van der Waals surface area (Å²) < 4.78 is 6.11. The molecule has 1 N–H and O–H groups in total. The largest absolute Gasteiger partial charge is 0.507 e. The first-order valence-electron chi connectivity index (χ1n) is 7.83. The summed E-state index contributed by atoms with van der Waals surface area (Å²) in [7, 11) is 0. The SMILES string of the molecule is CC(=O)OC1C[N+]2(CC(=O)c3ccccc3O)CCC1CC2. The minimum absolute atomic E-state index is 0.0362. The maximum Gasteiger partial charge on any atom is 0.303 e. The fourth-order valence-electron chi connectivity index (χ4n) is 3.89. The molecule has 5 nitrogen and oxygen atoms in total. The Morgan fingerprint density at radius 2 is 1.95 bits per heavy atom. The van der Waals surface area contributed by atoms with Gasteiger partial charge < -0.3 is 14.3 Å². The highest BCUT2D eigenvalue weighted by Gasteiger charge is 2.48. The van der Waals surface area contributed by atoms with Crippen molar-refractivity contribution in [2.24, 2.45) is 5.92 Å². The van der Waals surface area contributed by atoms with Gasteiger partial charge in [-0.05, 0) is 12.1 Å². The second-order valence-corrected chi connectivity index (χ2v) is 6.56. The maximum absolute atomic E-state index is 12.6. The topological polar surface area (TPSA) is 63.6 Å². The smallest absolute Gasteiger partial charge is 0.303 e. The van der Waals surface area contributed by atoms with E-state index in [4.69, 9.17) is 4.74 Å². The first kappa shape index (κ1) is 15.0. The van der Waals surface area contributed by atoms with Crippen molar-refractivity contribution < 1.29 is 23.9 Å². The molecule has 0 spiro atoms. The van der Waals surface area contributed by atoms with Gasteiger partial charge >= 0.3 is 5.97 Å². The molecule has 1 aromatic carbocycles. The number of nitrogens with zero attached hydrogens (tertiary/aromatic N) is 1. The Morgan fingerprint density at radius 1 is 1.27 bits per heavy atom. The van der Waals surface area contributed by atoms with Crippen LogP contribution in [0.2, 0.25) is 0 Å². The fourth-order valence-corrected chi connectivity index (χ4v) is 3.89. The van der Waals surface area contributed by atoms with Gasteiger partial charge in [0.15, 0.2) is 6.10 Å². The second-order valence-electron chi connectivity index (χ2n) is 6.56. The maximum atomic E-state index is 12.6. The summed E-state index contributed by atoms with van der Waals surface area (Å²) in [5.74, 6) is 0.183. The molecule has 3 aliphatic rings. The number of carbonyl (C=O) groups excluding carboxylic acids is 2. The molecule has 0 amide bonds. The quantitative estimate of drug-likeness (QED) is 0.523. The minimum atomic E-state index is -0.246. The van der Waals surface area contributed by atoms with Gasteiger partial charge in [-0.3, -0.25) is 9.59 Å². The van der Waals surface area contributed by atoms with E-state index in [0.717, 1.165) is 25.9 Å². The van der Waals surface area contributed by atoms with E-state index >= 15 is 0 Å². The van der Waals surface area contributed by atoms with E-state index in [1.54, 1.807) is 18.2 Å². The lowest BCUT2D eigenvalue weighted by Gasteiger charge is -2.51. The van der Waals surface area contributed by atoms with Crippen molar-refractivity contribution in [3.05, 3.63) is 29.8 Å².